The molecule has 1 aliphatic rings. The van der Waals surface area contributed by atoms with Crippen LogP contribution in [0.2, 0.25) is 5.02 Å². The summed E-state index contributed by atoms with van der Waals surface area (Å²) in [5.41, 5.74) is 3.16. The molecule has 6 nitrogen and oxygen atoms in total. The molecule has 0 radical (unpaired) electrons. The fourth-order valence-electron chi connectivity index (χ4n) is 4.34. The predicted octanol–water partition coefficient (Wildman–Crippen LogP) is 5.19. The summed E-state index contributed by atoms with van der Waals surface area (Å²) in [4.78, 5) is 20.2. The largest absolute Gasteiger partial charge is 0.493 e. The van der Waals surface area contributed by atoms with Gasteiger partial charge in [0, 0.05) is 17.6 Å². The maximum absolute atomic E-state index is 13.3. The summed E-state index contributed by atoms with van der Waals surface area (Å²) < 4.78 is 13.0. The normalized spacial score (nSPS) is 13.9. The van der Waals surface area contributed by atoms with Crippen LogP contribution in [0.4, 0.5) is 0 Å². The molecule has 34 heavy (non-hydrogen) atoms. The highest BCUT2D eigenvalue weighted by Gasteiger charge is 2.14. The first-order valence-electron chi connectivity index (χ1n) is 11.4. The van der Waals surface area contributed by atoms with E-state index in [2.05, 4.69) is 9.88 Å². The summed E-state index contributed by atoms with van der Waals surface area (Å²) in [6.07, 6.45) is 4.07. The average Bonchev–Trinajstić information content (AvgIpc) is 3.38. The second-order valence-corrected chi connectivity index (χ2v) is 8.83. The van der Waals surface area contributed by atoms with E-state index in [-0.39, 0.29) is 5.56 Å². The molecule has 0 atom stereocenters. The number of fused-ring (bicyclic) bond motifs is 1. The number of ether oxygens (including phenoxy) is 2. The van der Waals surface area contributed by atoms with Crippen molar-refractivity contribution in [2.75, 3.05) is 33.4 Å². The van der Waals surface area contributed by atoms with Crippen molar-refractivity contribution in [3.05, 3.63) is 82.4 Å². The Hall–Kier alpha value is -3.35. The average molecular weight is 476 g/mol. The Kier molecular flexibility index (Phi) is 6.52. The second kappa shape index (κ2) is 9.87. The van der Waals surface area contributed by atoms with Crippen molar-refractivity contribution < 1.29 is 9.47 Å². The molecule has 1 fully saturated rings. The van der Waals surface area contributed by atoms with Gasteiger partial charge in [-0.3, -0.25) is 14.3 Å². The van der Waals surface area contributed by atoms with Gasteiger partial charge in [0.15, 0.2) is 11.5 Å². The third-order valence-corrected chi connectivity index (χ3v) is 6.48. The van der Waals surface area contributed by atoms with E-state index in [1.165, 1.54) is 17.4 Å². The van der Waals surface area contributed by atoms with Gasteiger partial charge in [-0.25, -0.2) is 4.98 Å². The molecule has 0 saturated carbocycles. The Morgan fingerprint density at radius 3 is 2.47 bits per heavy atom. The molecule has 0 amide bonds. The summed E-state index contributed by atoms with van der Waals surface area (Å²) in [5.74, 6) is 1.25. The number of rotatable bonds is 7. The zero-order valence-electron chi connectivity index (χ0n) is 19.0. The lowest BCUT2D eigenvalue weighted by molar-refractivity contribution is 0.230. The molecule has 4 aromatic rings. The molecule has 0 aliphatic carbocycles. The number of likely N-dealkylation sites (tertiary alicyclic amines) is 1. The number of methoxy groups -OCH3 is 1. The van der Waals surface area contributed by atoms with Gasteiger partial charge in [-0.2, -0.15) is 0 Å². The van der Waals surface area contributed by atoms with E-state index in [4.69, 9.17) is 21.1 Å². The standard InChI is InChI=1S/C27H26ClN3O3/c1-33-26-17-22(9-11-25(26)34-15-14-30-12-2-3-13-30)31-18-29-24-16-20(6-10-23(24)27(31)32)19-4-7-21(28)8-5-19/h4-11,16-18H,2-3,12-15H2,1H3. The fraction of sp³-hybridized carbons (Fsp3) is 0.259. The highest BCUT2D eigenvalue weighted by molar-refractivity contribution is 6.30. The highest BCUT2D eigenvalue weighted by atomic mass is 35.5. The fourth-order valence-corrected chi connectivity index (χ4v) is 4.47. The van der Waals surface area contributed by atoms with Crippen molar-refractivity contribution in [1.82, 2.24) is 14.5 Å². The van der Waals surface area contributed by atoms with E-state index in [1.807, 2.05) is 60.7 Å². The lowest BCUT2D eigenvalue weighted by Crippen LogP contribution is -2.25. The zero-order valence-corrected chi connectivity index (χ0v) is 19.8. The summed E-state index contributed by atoms with van der Waals surface area (Å²) in [7, 11) is 1.60. The molecule has 3 aromatic carbocycles. The Morgan fingerprint density at radius 1 is 0.941 bits per heavy atom. The van der Waals surface area contributed by atoms with E-state index < -0.39 is 0 Å². The van der Waals surface area contributed by atoms with Crippen LogP contribution < -0.4 is 15.0 Å². The molecule has 1 aromatic heterocycles. The summed E-state index contributed by atoms with van der Waals surface area (Å²) in [5, 5.41) is 1.23. The highest BCUT2D eigenvalue weighted by Crippen LogP contribution is 2.30. The van der Waals surface area contributed by atoms with Crippen LogP contribution in [0.5, 0.6) is 11.5 Å². The van der Waals surface area contributed by atoms with Crippen LogP contribution in [-0.2, 0) is 0 Å². The topological polar surface area (TPSA) is 56.6 Å². The van der Waals surface area contributed by atoms with Gasteiger partial charge in [-0.1, -0.05) is 29.8 Å². The summed E-state index contributed by atoms with van der Waals surface area (Å²) in [6, 6.07) is 18.8. The van der Waals surface area contributed by atoms with Crippen LogP contribution in [0.15, 0.2) is 71.8 Å². The maximum Gasteiger partial charge on any atom is 0.265 e. The van der Waals surface area contributed by atoms with Crippen molar-refractivity contribution in [3.8, 4) is 28.3 Å². The third-order valence-electron chi connectivity index (χ3n) is 6.23. The van der Waals surface area contributed by atoms with Crippen LogP contribution >= 0.6 is 11.6 Å². The molecule has 0 bridgehead atoms. The molecule has 7 heteroatoms. The number of benzene rings is 3. The molecule has 0 spiro atoms. The smallest absolute Gasteiger partial charge is 0.265 e. The first-order valence-corrected chi connectivity index (χ1v) is 11.8. The van der Waals surface area contributed by atoms with Crippen molar-refractivity contribution in [3.63, 3.8) is 0 Å². The second-order valence-electron chi connectivity index (χ2n) is 8.39. The zero-order chi connectivity index (χ0) is 23.5. The van der Waals surface area contributed by atoms with E-state index in [9.17, 15) is 4.79 Å². The van der Waals surface area contributed by atoms with Crippen LogP contribution in [0, 0.1) is 0 Å². The van der Waals surface area contributed by atoms with Crippen molar-refractivity contribution in [2.45, 2.75) is 12.8 Å². The predicted molar refractivity (Wildman–Crippen MR) is 136 cm³/mol. The Bertz CT molecular complexity index is 1360. The Morgan fingerprint density at radius 2 is 1.71 bits per heavy atom. The number of hydrogen-bond donors (Lipinski definition) is 0. The van der Waals surface area contributed by atoms with Gasteiger partial charge in [0.2, 0.25) is 0 Å². The molecule has 2 heterocycles. The van der Waals surface area contributed by atoms with E-state index >= 15 is 0 Å². The SMILES string of the molecule is COc1cc(-n2cnc3cc(-c4ccc(Cl)cc4)ccc3c2=O)ccc1OCCN1CCCC1. The molecule has 174 valence electrons. The van der Waals surface area contributed by atoms with Gasteiger partial charge < -0.3 is 9.47 Å². The molecular weight excluding hydrogens is 450 g/mol. The minimum Gasteiger partial charge on any atom is -0.493 e. The van der Waals surface area contributed by atoms with E-state index in [0.29, 0.717) is 39.7 Å². The van der Waals surface area contributed by atoms with Crippen molar-refractivity contribution in [2.24, 2.45) is 0 Å². The molecular formula is C27H26ClN3O3. The minimum absolute atomic E-state index is 0.141. The van der Waals surface area contributed by atoms with Gasteiger partial charge in [-0.05, 0) is 73.5 Å². The molecule has 0 N–H and O–H groups in total. The first-order chi connectivity index (χ1) is 16.6. The molecule has 1 aliphatic heterocycles. The lowest BCUT2D eigenvalue weighted by Gasteiger charge is -2.17. The van der Waals surface area contributed by atoms with E-state index in [0.717, 1.165) is 30.8 Å². The monoisotopic (exact) mass is 475 g/mol. The number of hydrogen-bond acceptors (Lipinski definition) is 5. The first kappa shape index (κ1) is 22.4. The Balaban J connectivity index is 1.40. The van der Waals surface area contributed by atoms with Gasteiger partial charge >= 0.3 is 0 Å². The summed E-state index contributed by atoms with van der Waals surface area (Å²) in [6.45, 7) is 3.77. The van der Waals surface area contributed by atoms with Crippen molar-refractivity contribution in [1.29, 1.82) is 0 Å². The van der Waals surface area contributed by atoms with Gasteiger partial charge in [0.25, 0.3) is 5.56 Å². The Labute approximate surface area is 203 Å². The number of aromatic nitrogens is 2. The van der Waals surface area contributed by atoms with Crippen molar-refractivity contribution >= 4 is 22.5 Å². The van der Waals surface area contributed by atoms with Gasteiger partial charge in [0.1, 0.15) is 12.9 Å². The van der Waals surface area contributed by atoms with Crippen LogP contribution in [0.3, 0.4) is 0 Å². The third kappa shape index (κ3) is 4.65. The maximum atomic E-state index is 13.3. The van der Waals surface area contributed by atoms with Crippen LogP contribution in [0.25, 0.3) is 27.7 Å². The van der Waals surface area contributed by atoms with Crippen LogP contribution in [-0.4, -0.2) is 47.8 Å². The van der Waals surface area contributed by atoms with Crippen LogP contribution in [0.1, 0.15) is 12.8 Å². The minimum atomic E-state index is -0.141. The van der Waals surface area contributed by atoms with Gasteiger partial charge in [-0.15, -0.1) is 0 Å². The summed E-state index contributed by atoms with van der Waals surface area (Å²) >= 11 is 6.00. The van der Waals surface area contributed by atoms with E-state index in [1.54, 1.807) is 13.4 Å². The molecule has 0 unspecified atom stereocenters. The molecule has 5 rings (SSSR count). The number of nitrogens with zero attached hydrogens (tertiary/aromatic N) is 3. The lowest BCUT2D eigenvalue weighted by atomic mass is 10.0. The quantitative estimate of drug-likeness (QED) is 0.368. The number of halogens is 1. The van der Waals surface area contributed by atoms with Gasteiger partial charge in [0.05, 0.1) is 23.7 Å². The molecule has 1 saturated heterocycles.